The summed E-state index contributed by atoms with van der Waals surface area (Å²) in [6, 6.07) is 7.91. The van der Waals surface area contributed by atoms with Gasteiger partial charge in [-0.25, -0.2) is 9.78 Å². The summed E-state index contributed by atoms with van der Waals surface area (Å²) < 4.78 is 41.0. The fraction of sp³-hybridized carbons (Fsp3) is 0.471. The number of nitrogens with one attached hydrogen (secondary N) is 1. The van der Waals surface area contributed by atoms with Gasteiger partial charge in [-0.3, -0.25) is 4.79 Å². The number of halogens is 3. The van der Waals surface area contributed by atoms with Gasteiger partial charge in [-0.15, -0.1) is 11.3 Å². The first-order chi connectivity index (χ1) is 12.8. The van der Waals surface area contributed by atoms with Crippen LogP contribution in [0.2, 0.25) is 0 Å². The second-order valence-electron chi connectivity index (χ2n) is 6.22. The predicted octanol–water partition coefficient (Wildman–Crippen LogP) is 3.29. The number of carbonyl (C=O) groups is 2. The molecule has 2 aromatic rings. The van der Waals surface area contributed by atoms with E-state index in [1.165, 1.54) is 0 Å². The van der Waals surface area contributed by atoms with Gasteiger partial charge in [0.2, 0.25) is 5.91 Å². The summed E-state index contributed by atoms with van der Waals surface area (Å²) >= 11 is 1.66. The summed E-state index contributed by atoms with van der Waals surface area (Å²) in [4.78, 5) is 29.5. The fourth-order valence-electron chi connectivity index (χ4n) is 2.90. The lowest BCUT2D eigenvalue weighted by molar-refractivity contribution is -0.160. The third-order valence-electron chi connectivity index (χ3n) is 4.26. The van der Waals surface area contributed by atoms with E-state index in [0.29, 0.717) is 13.1 Å². The van der Waals surface area contributed by atoms with Gasteiger partial charge in [0.15, 0.2) is 6.61 Å². The second kappa shape index (κ2) is 8.12. The Morgan fingerprint density at radius 1 is 1.26 bits per heavy atom. The first kappa shape index (κ1) is 19.4. The van der Waals surface area contributed by atoms with Crippen molar-refractivity contribution in [3.05, 3.63) is 29.3 Å². The van der Waals surface area contributed by atoms with Crippen LogP contribution in [-0.4, -0.2) is 54.3 Å². The zero-order valence-corrected chi connectivity index (χ0v) is 15.1. The largest absolute Gasteiger partial charge is 0.440 e. The average molecular weight is 401 g/mol. The molecule has 0 saturated carbocycles. The number of carbonyl (C=O) groups excluding carboxylic acids is 2. The van der Waals surface area contributed by atoms with Crippen LogP contribution in [0, 0.1) is 0 Å². The average Bonchev–Trinajstić information content (AvgIpc) is 3.08. The fourth-order valence-corrected chi connectivity index (χ4v) is 4.04. The van der Waals surface area contributed by atoms with E-state index in [1.54, 1.807) is 16.2 Å². The van der Waals surface area contributed by atoms with Crippen LogP contribution < -0.4 is 5.32 Å². The van der Waals surface area contributed by atoms with Crippen molar-refractivity contribution in [1.29, 1.82) is 0 Å². The number of amides is 2. The minimum Gasteiger partial charge on any atom is -0.440 e. The molecule has 0 radical (unpaired) electrons. The molecular formula is C17H18F3N3O3S. The van der Waals surface area contributed by atoms with E-state index in [0.717, 1.165) is 28.1 Å². The number of fused-ring (bicyclic) bond motifs is 1. The highest BCUT2D eigenvalue weighted by Gasteiger charge is 2.30. The smallest absolute Gasteiger partial charge is 0.422 e. The molecule has 27 heavy (non-hydrogen) atoms. The van der Waals surface area contributed by atoms with E-state index >= 15 is 0 Å². The molecule has 3 rings (SSSR count). The van der Waals surface area contributed by atoms with Crippen LogP contribution in [0.1, 0.15) is 23.8 Å². The van der Waals surface area contributed by atoms with Crippen molar-refractivity contribution >= 4 is 33.6 Å². The molecule has 1 aromatic carbocycles. The highest BCUT2D eigenvalue weighted by atomic mass is 32.1. The number of benzene rings is 1. The number of rotatable bonds is 4. The van der Waals surface area contributed by atoms with Gasteiger partial charge in [-0.05, 0) is 25.0 Å². The molecule has 1 fully saturated rings. The van der Waals surface area contributed by atoms with Gasteiger partial charge in [0.05, 0.1) is 15.2 Å². The van der Waals surface area contributed by atoms with Crippen LogP contribution in [0.3, 0.4) is 0 Å². The molecule has 146 valence electrons. The van der Waals surface area contributed by atoms with Gasteiger partial charge < -0.3 is 15.0 Å². The molecule has 1 aliphatic rings. The summed E-state index contributed by atoms with van der Waals surface area (Å²) in [5, 5.41) is 3.10. The molecule has 1 aromatic heterocycles. The maximum Gasteiger partial charge on any atom is 0.422 e. The molecule has 0 bridgehead atoms. The lowest BCUT2D eigenvalue weighted by Crippen LogP contribution is -2.44. The summed E-state index contributed by atoms with van der Waals surface area (Å²) in [5.74, 6) is -0.0714. The summed E-state index contributed by atoms with van der Waals surface area (Å²) in [6.45, 7) is -1.04. The van der Waals surface area contributed by atoms with E-state index in [1.807, 2.05) is 24.3 Å². The molecule has 2 heterocycles. The monoisotopic (exact) mass is 401 g/mol. The molecule has 0 unspecified atom stereocenters. The van der Waals surface area contributed by atoms with Gasteiger partial charge in [0, 0.05) is 19.0 Å². The van der Waals surface area contributed by atoms with E-state index in [9.17, 15) is 22.8 Å². The molecule has 6 nitrogen and oxygen atoms in total. The number of nitrogens with zero attached hydrogens (tertiary/aromatic N) is 2. The number of aromatic nitrogens is 1. The minimum absolute atomic E-state index is 0.274. The molecule has 10 heteroatoms. The van der Waals surface area contributed by atoms with E-state index in [4.69, 9.17) is 0 Å². The normalized spacial score (nSPS) is 15.7. The SMILES string of the molecule is O=C(NCC(=O)N1CCC(c2nc3ccccc3s2)CC1)OCC(F)(F)F. The van der Waals surface area contributed by atoms with Crippen LogP contribution >= 0.6 is 11.3 Å². The van der Waals surface area contributed by atoms with Crippen LogP contribution in [0.15, 0.2) is 24.3 Å². The summed E-state index contributed by atoms with van der Waals surface area (Å²) in [6.07, 6.45) is -4.34. The van der Waals surface area contributed by atoms with Gasteiger partial charge in [0.25, 0.3) is 0 Å². The maximum atomic E-state index is 12.1. The Labute approximate surface area is 157 Å². The standard InChI is InChI=1S/C17H18F3N3O3S/c18-17(19,20)10-26-16(25)21-9-14(24)23-7-5-11(6-8-23)15-22-12-3-1-2-4-13(12)27-15/h1-4,11H,5-10H2,(H,21,25). The molecule has 1 N–H and O–H groups in total. The molecular weight excluding hydrogens is 383 g/mol. The van der Waals surface area contributed by atoms with Crippen molar-refractivity contribution in [2.24, 2.45) is 0 Å². The number of piperidine rings is 1. The Morgan fingerprint density at radius 3 is 2.63 bits per heavy atom. The van der Waals surface area contributed by atoms with Crippen molar-refractivity contribution in [2.45, 2.75) is 24.9 Å². The van der Waals surface area contributed by atoms with Crippen molar-refractivity contribution in [2.75, 3.05) is 26.2 Å². The molecule has 1 aliphatic heterocycles. The van der Waals surface area contributed by atoms with Crippen LogP contribution in [-0.2, 0) is 9.53 Å². The van der Waals surface area contributed by atoms with Gasteiger partial charge >= 0.3 is 12.3 Å². The Bertz CT molecular complexity index is 783. The highest BCUT2D eigenvalue weighted by molar-refractivity contribution is 7.18. The number of para-hydroxylation sites is 1. The van der Waals surface area contributed by atoms with Crippen LogP contribution in [0.25, 0.3) is 10.2 Å². The van der Waals surface area contributed by atoms with Crippen LogP contribution in [0.4, 0.5) is 18.0 Å². The lowest BCUT2D eigenvalue weighted by atomic mass is 9.97. The van der Waals surface area contributed by atoms with E-state index in [2.05, 4.69) is 15.0 Å². The van der Waals surface area contributed by atoms with Crippen molar-refractivity contribution in [1.82, 2.24) is 15.2 Å². The first-order valence-corrected chi connectivity index (χ1v) is 9.24. The van der Waals surface area contributed by atoms with Gasteiger partial charge in [-0.2, -0.15) is 13.2 Å². The Hall–Kier alpha value is -2.36. The molecule has 2 amide bonds. The maximum absolute atomic E-state index is 12.1. The van der Waals surface area contributed by atoms with Gasteiger partial charge in [-0.1, -0.05) is 12.1 Å². The predicted molar refractivity (Wildman–Crippen MR) is 93.6 cm³/mol. The molecule has 0 spiro atoms. The number of alkyl halides is 3. The van der Waals surface area contributed by atoms with Crippen molar-refractivity contribution in [3.8, 4) is 0 Å². The Morgan fingerprint density at radius 2 is 1.96 bits per heavy atom. The second-order valence-corrected chi connectivity index (χ2v) is 7.28. The lowest BCUT2D eigenvalue weighted by Gasteiger charge is -2.31. The topological polar surface area (TPSA) is 71.5 Å². The van der Waals surface area contributed by atoms with Crippen molar-refractivity contribution < 1.29 is 27.5 Å². The number of alkyl carbamates (subject to hydrolysis) is 1. The number of ether oxygens (including phenoxy) is 1. The molecule has 0 atom stereocenters. The van der Waals surface area contributed by atoms with Crippen LogP contribution in [0.5, 0.6) is 0 Å². The number of thiazole rings is 1. The Balaban J connectivity index is 1.44. The Kier molecular flexibility index (Phi) is 5.83. The third-order valence-corrected chi connectivity index (χ3v) is 5.46. The number of hydrogen-bond acceptors (Lipinski definition) is 5. The number of likely N-dealkylation sites (tertiary alicyclic amines) is 1. The molecule has 1 saturated heterocycles. The zero-order chi connectivity index (χ0) is 19.4. The first-order valence-electron chi connectivity index (χ1n) is 8.42. The number of hydrogen-bond donors (Lipinski definition) is 1. The zero-order valence-electron chi connectivity index (χ0n) is 14.3. The van der Waals surface area contributed by atoms with Crippen molar-refractivity contribution in [3.63, 3.8) is 0 Å². The third kappa shape index (κ3) is 5.31. The summed E-state index contributed by atoms with van der Waals surface area (Å²) in [5.41, 5.74) is 0.970. The minimum atomic E-state index is -4.59. The quantitative estimate of drug-likeness (QED) is 0.854. The summed E-state index contributed by atoms with van der Waals surface area (Å²) in [7, 11) is 0. The highest BCUT2D eigenvalue weighted by Crippen LogP contribution is 2.33. The van der Waals surface area contributed by atoms with E-state index in [-0.39, 0.29) is 18.4 Å². The van der Waals surface area contributed by atoms with E-state index < -0.39 is 18.9 Å². The van der Waals surface area contributed by atoms with Gasteiger partial charge in [0.1, 0.15) is 6.54 Å². The molecule has 0 aliphatic carbocycles.